The predicted octanol–water partition coefficient (Wildman–Crippen LogP) is 25.4. The van der Waals surface area contributed by atoms with Crippen molar-refractivity contribution in [3.63, 3.8) is 0 Å². The SMILES string of the molecule is CC(C)(C)c1cccc(-c2ccc3c(c2)B2c4ccc(-n5c6ccccc6c6ccccc65)cc4N(c4c(-c5ccccc5)cc(C(C)(C)C)cc4-c4ccccc4)c4cc(-c5ccc(C(C)(C)C)cc5C(C)(C)C)cc(c42)N3c2c(-c3ccccc3)cc(C(C)(C)C)cc2-c2ccccc2)c1. The number of hydrogen-bond donors (Lipinski definition) is 0. The zero-order chi connectivity index (χ0) is 70.9. The maximum atomic E-state index is 2.75. The summed E-state index contributed by atoms with van der Waals surface area (Å²) in [6, 6.07) is 110. The molecule has 0 saturated heterocycles. The van der Waals surface area contributed by atoms with E-state index in [1.165, 1.54) is 105 Å². The van der Waals surface area contributed by atoms with E-state index in [4.69, 9.17) is 0 Å². The van der Waals surface area contributed by atoms with E-state index in [9.17, 15) is 0 Å². The van der Waals surface area contributed by atoms with Crippen molar-refractivity contribution in [2.45, 2.75) is 131 Å². The second-order valence-electron chi connectivity index (χ2n) is 33.8. The van der Waals surface area contributed by atoms with E-state index < -0.39 is 0 Å². The first-order valence-electron chi connectivity index (χ1n) is 36.7. The lowest BCUT2D eigenvalue weighted by Gasteiger charge is -2.46. The number of hydrogen-bond acceptors (Lipinski definition) is 2. The Morgan fingerprint density at radius 3 is 1.11 bits per heavy atom. The van der Waals surface area contributed by atoms with Gasteiger partial charge in [0.1, 0.15) is 0 Å². The van der Waals surface area contributed by atoms with Crippen LogP contribution in [0.3, 0.4) is 0 Å². The van der Waals surface area contributed by atoms with E-state index in [0.29, 0.717) is 0 Å². The van der Waals surface area contributed by atoms with Gasteiger partial charge in [0.15, 0.2) is 0 Å². The van der Waals surface area contributed by atoms with Crippen LogP contribution in [0.1, 0.15) is 132 Å². The van der Waals surface area contributed by atoms with Gasteiger partial charge in [-0.3, -0.25) is 0 Å². The molecule has 4 heteroatoms. The molecule has 0 bridgehead atoms. The molecule has 13 aromatic carbocycles. The summed E-state index contributed by atoms with van der Waals surface area (Å²) in [5.41, 5.74) is 33.8. The van der Waals surface area contributed by atoms with Crippen molar-refractivity contribution in [1.82, 2.24) is 4.57 Å². The lowest BCUT2D eigenvalue weighted by Crippen LogP contribution is -2.61. The molecule has 3 heterocycles. The van der Waals surface area contributed by atoms with E-state index in [-0.39, 0.29) is 33.8 Å². The van der Waals surface area contributed by atoms with Crippen molar-refractivity contribution in [3.8, 4) is 72.4 Å². The van der Waals surface area contributed by atoms with Crippen LogP contribution in [0.2, 0.25) is 0 Å². The molecule has 0 N–H and O–H groups in total. The van der Waals surface area contributed by atoms with Gasteiger partial charge in [0.25, 0.3) is 6.71 Å². The minimum atomic E-state index is -0.256. The third-order valence-electron chi connectivity index (χ3n) is 21.7. The van der Waals surface area contributed by atoms with Crippen LogP contribution in [-0.4, -0.2) is 11.3 Å². The van der Waals surface area contributed by atoms with Crippen LogP contribution in [0.25, 0.3) is 94.3 Å². The number of benzene rings is 13. The quantitative estimate of drug-likeness (QED) is 0.133. The summed E-state index contributed by atoms with van der Waals surface area (Å²) in [7, 11) is 0. The average Bonchev–Trinajstić information content (AvgIpc) is 0.753. The van der Waals surface area contributed by atoms with Crippen LogP contribution < -0.4 is 26.2 Å². The fraction of sp³-hybridized carbons (Fsp3) is 0.204. The number of nitrogens with zero attached hydrogens (tertiary/aromatic N) is 3. The molecule has 0 aliphatic carbocycles. The average molecular weight is 1320 g/mol. The maximum Gasteiger partial charge on any atom is 0.252 e. The molecule has 0 saturated carbocycles. The van der Waals surface area contributed by atoms with Gasteiger partial charge in [-0.15, -0.1) is 0 Å². The Morgan fingerprint density at radius 1 is 0.245 bits per heavy atom. The Bertz CT molecular complexity index is 5410. The predicted molar refractivity (Wildman–Crippen MR) is 441 cm³/mol. The van der Waals surface area contributed by atoms with Crippen molar-refractivity contribution >= 4 is 79.0 Å². The molecule has 0 spiro atoms. The van der Waals surface area contributed by atoms with Crippen LogP contribution >= 0.6 is 0 Å². The minimum absolute atomic E-state index is 0.0600. The number of fused-ring (bicyclic) bond motifs is 7. The number of rotatable bonds is 9. The Morgan fingerprint density at radius 2 is 0.657 bits per heavy atom. The van der Waals surface area contributed by atoms with Gasteiger partial charge in [0.2, 0.25) is 0 Å². The molecule has 14 aromatic rings. The van der Waals surface area contributed by atoms with Gasteiger partial charge in [-0.25, -0.2) is 0 Å². The van der Waals surface area contributed by atoms with Crippen LogP contribution in [0.4, 0.5) is 34.1 Å². The van der Waals surface area contributed by atoms with Gasteiger partial charge >= 0.3 is 0 Å². The van der Waals surface area contributed by atoms with Crippen molar-refractivity contribution < 1.29 is 0 Å². The molecule has 16 rings (SSSR count). The molecule has 102 heavy (non-hydrogen) atoms. The van der Waals surface area contributed by atoms with Crippen molar-refractivity contribution in [2.75, 3.05) is 9.80 Å². The summed E-state index contributed by atoms with van der Waals surface area (Å²) in [5, 5.41) is 2.46. The second kappa shape index (κ2) is 24.6. The highest BCUT2D eigenvalue weighted by molar-refractivity contribution is 7.00. The summed E-state index contributed by atoms with van der Waals surface area (Å²) in [6.45, 7) is 35.1. The molecular weight excluding hydrogens is 1230 g/mol. The fourth-order valence-corrected chi connectivity index (χ4v) is 16.2. The lowest BCUT2D eigenvalue weighted by molar-refractivity contribution is 0.570. The highest BCUT2D eigenvalue weighted by atomic mass is 15.2. The molecule has 1 aromatic heterocycles. The van der Waals surface area contributed by atoms with Gasteiger partial charge in [-0.05, 0) is 183 Å². The van der Waals surface area contributed by atoms with Crippen LogP contribution in [0.15, 0.2) is 285 Å². The molecule has 0 radical (unpaired) electrons. The first-order valence-corrected chi connectivity index (χ1v) is 36.7. The van der Waals surface area contributed by atoms with E-state index in [2.05, 4.69) is 403 Å². The summed E-state index contributed by atoms with van der Waals surface area (Å²) in [5.74, 6) is 0. The zero-order valence-corrected chi connectivity index (χ0v) is 62.1. The summed E-state index contributed by atoms with van der Waals surface area (Å²) < 4.78 is 2.51. The lowest BCUT2D eigenvalue weighted by atomic mass is 9.33. The van der Waals surface area contributed by atoms with E-state index >= 15 is 0 Å². The van der Waals surface area contributed by atoms with Gasteiger partial charge < -0.3 is 14.4 Å². The number of para-hydroxylation sites is 2. The zero-order valence-electron chi connectivity index (χ0n) is 62.1. The molecule has 502 valence electrons. The molecule has 0 amide bonds. The molecule has 3 nitrogen and oxygen atoms in total. The van der Waals surface area contributed by atoms with E-state index in [0.717, 1.165) is 67.6 Å². The Labute approximate surface area is 605 Å². The van der Waals surface area contributed by atoms with E-state index in [1.807, 2.05) is 0 Å². The molecular formula is C98H92BN3. The smallest absolute Gasteiger partial charge is 0.252 e. The first kappa shape index (κ1) is 65.9. The van der Waals surface area contributed by atoms with Gasteiger partial charge in [-0.2, -0.15) is 0 Å². The normalized spacial score (nSPS) is 13.2. The van der Waals surface area contributed by atoms with Crippen molar-refractivity contribution in [1.29, 1.82) is 0 Å². The summed E-state index contributed by atoms with van der Waals surface area (Å²) in [4.78, 5) is 5.48. The maximum absolute atomic E-state index is 2.75. The summed E-state index contributed by atoms with van der Waals surface area (Å²) in [6.07, 6.45) is 0. The van der Waals surface area contributed by atoms with Gasteiger partial charge in [0.05, 0.1) is 22.4 Å². The topological polar surface area (TPSA) is 11.4 Å². The second-order valence-corrected chi connectivity index (χ2v) is 33.8. The number of aromatic nitrogens is 1. The highest BCUT2D eigenvalue weighted by Crippen LogP contribution is 2.56. The molecule has 0 unspecified atom stereocenters. The Hall–Kier alpha value is -10.7. The summed E-state index contributed by atoms with van der Waals surface area (Å²) >= 11 is 0. The molecule has 0 fully saturated rings. The Balaban J connectivity index is 1.14. The van der Waals surface area contributed by atoms with Gasteiger partial charge in [-0.1, -0.05) is 322 Å². The largest absolute Gasteiger partial charge is 0.310 e. The first-order chi connectivity index (χ1) is 48.8. The monoisotopic (exact) mass is 1320 g/mol. The van der Waals surface area contributed by atoms with Crippen molar-refractivity contribution in [3.05, 3.63) is 313 Å². The number of anilines is 6. The van der Waals surface area contributed by atoms with Crippen LogP contribution in [-0.2, 0) is 27.1 Å². The minimum Gasteiger partial charge on any atom is -0.310 e. The van der Waals surface area contributed by atoms with Crippen LogP contribution in [0.5, 0.6) is 0 Å². The molecule has 2 aliphatic heterocycles. The van der Waals surface area contributed by atoms with Crippen LogP contribution in [0, 0.1) is 0 Å². The molecule has 2 aliphatic rings. The van der Waals surface area contributed by atoms with E-state index in [1.54, 1.807) is 0 Å². The highest BCUT2D eigenvalue weighted by Gasteiger charge is 2.47. The van der Waals surface area contributed by atoms with Gasteiger partial charge in [0, 0.05) is 61.5 Å². The third kappa shape index (κ3) is 11.5. The van der Waals surface area contributed by atoms with Crippen molar-refractivity contribution in [2.24, 2.45) is 0 Å². The fourth-order valence-electron chi connectivity index (χ4n) is 16.2. The Kier molecular flexibility index (Phi) is 15.9. The molecule has 0 atom stereocenters. The standard InChI is InChI=1S/C98H92BN3/c1-94(2,3)70-42-32-41-67(53-70)68-47-52-87-84(54-68)99-83-51-49-74(100-85-45-30-28-43-76(85)77-44-29-31-46-86(77)100)62-88(83)102(93-80(65-37-24-18-25-38-65)59-73(97(10,11)12)60-81(93)66-39-26-19-27-40-66)90-56-69(75-50-48-71(95(4,5)6)61-82(75)98(13,14)15)55-89(91(90)99)101(87)92-78(63-33-20-16-21-34-63)57-72(96(7,8)9)58-79(92)64-35-22-17-23-36-64/h16-62H,1-15H3. The third-order valence-corrected chi connectivity index (χ3v) is 21.7.